The molecule has 0 aromatic carbocycles. The van der Waals surface area contributed by atoms with Crippen LogP contribution >= 0.6 is 0 Å². The molecule has 1 fully saturated rings. The van der Waals surface area contributed by atoms with Crippen LogP contribution in [0.4, 0.5) is 5.82 Å². The van der Waals surface area contributed by atoms with Gasteiger partial charge in [-0.2, -0.15) is 0 Å². The van der Waals surface area contributed by atoms with Crippen molar-refractivity contribution < 1.29 is 4.79 Å². The van der Waals surface area contributed by atoms with Gasteiger partial charge in [-0.25, -0.2) is 9.97 Å². The minimum Gasteiger partial charge on any atom is -0.382 e. The second-order valence-electron chi connectivity index (χ2n) is 6.35. The number of carbonyl (C=O) groups is 1. The molecule has 1 aliphatic heterocycles. The van der Waals surface area contributed by atoms with Gasteiger partial charge in [-0.15, -0.1) is 0 Å². The molecule has 0 radical (unpaired) electrons. The molecule has 5 heteroatoms. The Morgan fingerprint density at radius 3 is 2.74 bits per heavy atom. The number of nitrogens with two attached hydrogens (primary N) is 1. The van der Waals surface area contributed by atoms with Crippen molar-refractivity contribution >= 4 is 11.7 Å². The highest BCUT2D eigenvalue weighted by molar-refractivity contribution is 5.96. The molecule has 5 nitrogen and oxygen atoms in total. The fourth-order valence-electron chi connectivity index (χ4n) is 2.67. The van der Waals surface area contributed by atoms with Crippen LogP contribution in [0.25, 0.3) is 0 Å². The Morgan fingerprint density at radius 1 is 1.42 bits per heavy atom. The van der Waals surface area contributed by atoms with Gasteiger partial charge in [0.05, 0.1) is 0 Å². The summed E-state index contributed by atoms with van der Waals surface area (Å²) in [4.78, 5) is 22.4. The number of carbonyl (C=O) groups excluding carboxylic acids is 1. The SMILES string of the molecule is CC(C)(C)C[C@H]1CCCN1C(=O)c1nccnc1N. The van der Waals surface area contributed by atoms with Gasteiger partial charge in [0.25, 0.3) is 5.91 Å². The van der Waals surface area contributed by atoms with Crippen molar-refractivity contribution in [2.45, 2.75) is 46.1 Å². The number of hydrogen-bond donors (Lipinski definition) is 1. The Labute approximate surface area is 114 Å². The van der Waals surface area contributed by atoms with Crippen LogP contribution in [-0.4, -0.2) is 33.4 Å². The van der Waals surface area contributed by atoms with Crippen LogP contribution in [0.2, 0.25) is 0 Å². The number of hydrogen-bond acceptors (Lipinski definition) is 4. The number of anilines is 1. The molecular formula is C14H22N4O. The van der Waals surface area contributed by atoms with Crippen LogP contribution in [0.1, 0.15) is 50.5 Å². The largest absolute Gasteiger partial charge is 0.382 e. The second-order valence-corrected chi connectivity index (χ2v) is 6.35. The molecule has 2 rings (SSSR count). The lowest BCUT2D eigenvalue weighted by atomic mass is 9.87. The first-order valence-electron chi connectivity index (χ1n) is 6.76. The summed E-state index contributed by atoms with van der Waals surface area (Å²) in [6, 6.07) is 0.286. The van der Waals surface area contributed by atoms with E-state index in [2.05, 4.69) is 30.7 Å². The summed E-state index contributed by atoms with van der Waals surface area (Å²) in [5.41, 5.74) is 6.23. The third kappa shape index (κ3) is 3.22. The van der Waals surface area contributed by atoms with Crippen LogP contribution in [0, 0.1) is 5.41 Å². The fourth-order valence-corrected chi connectivity index (χ4v) is 2.67. The summed E-state index contributed by atoms with van der Waals surface area (Å²) >= 11 is 0. The van der Waals surface area contributed by atoms with Gasteiger partial charge >= 0.3 is 0 Å². The standard InChI is InChI=1S/C14H22N4O/c1-14(2,3)9-10-5-4-8-18(10)13(19)11-12(15)17-7-6-16-11/h6-7,10H,4-5,8-9H2,1-3H3,(H2,15,17)/t10-/m1/s1. The average molecular weight is 262 g/mol. The number of rotatable bonds is 2. The van der Waals surface area contributed by atoms with Gasteiger partial charge in [0, 0.05) is 25.0 Å². The fraction of sp³-hybridized carbons (Fsp3) is 0.643. The van der Waals surface area contributed by atoms with Crippen molar-refractivity contribution in [2.75, 3.05) is 12.3 Å². The van der Waals surface area contributed by atoms with E-state index in [0.29, 0.717) is 0 Å². The Morgan fingerprint density at radius 2 is 2.11 bits per heavy atom. The number of amides is 1. The molecule has 1 aromatic rings. The van der Waals surface area contributed by atoms with Crippen LogP contribution in [0.15, 0.2) is 12.4 Å². The molecule has 1 atom stereocenters. The molecule has 1 aromatic heterocycles. The number of nitrogens with zero attached hydrogens (tertiary/aromatic N) is 3. The lowest BCUT2D eigenvalue weighted by Gasteiger charge is -2.30. The Balaban J connectivity index is 2.17. The third-order valence-electron chi connectivity index (χ3n) is 3.42. The minimum absolute atomic E-state index is 0.0858. The predicted octanol–water partition coefficient (Wildman–Crippen LogP) is 2.10. The first-order valence-corrected chi connectivity index (χ1v) is 6.76. The van der Waals surface area contributed by atoms with E-state index >= 15 is 0 Å². The highest BCUT2D eigenvalue weighted by atomic mass is 16.2. The lowest BCUT2D eigenvalue weighted by Crippen LogP contribution is -2.38. The quantitative estimate of drug-likeness (QED) is 0.886. The van der Waals surface area contributed by atoms with Gasteiger partial charge in [-0.3, -0.25) is 4.79 Å². The van der Waals surface area contributed by atoms with E-state index < -0.39 is 0 Å². The summed E-state index contributed by atoms with van der Waals surface area (Å²) in [7, 11) is 0. The smallest absolute Gasteiger partial charge is 0.276 e. The zero-order valence-corrected chi connectivity index (χ0v) is 11.9. The molecular weight excluding hydrogens is 240 g/mol. The molecule has 2 N–H and O–H groups in total. The highest BCUT2D eigenvalue weighted by Crippen LogP contribution is 2.30. The van der Waals surface area contributed by atoms with Crippen LogP contribution in [-0.2, 0) is 0 Å². The average Bonchev–Trinajstić information content (AvgIpc) is 2.74. The molecule has 0 bridgehead atoms. The van der Waals surface area contributed by atoms with E-state index in [-0.39, 0.29) is 28.9 Å². The van der Waals surface area contributed by atoms with Gasteiger partial charge < -0.3 is 10.6 Å². The van der Waals surface area contributed by atoms with Gasteiger partial charge in [0.15, 0.2) is 11.5 Å². The molecule has 0 unspecified atom stereocenters. The van der Waals surface area contributed by atoms with Crippen molar-refractivity contribution in [1.29, 1.82) is 0 Å². The zero-order valence-electron chi connectivity index (χ0n) is 11.9. The summed E-state index contributed by atoms with van der Waals surface area (Å²) in [5.74, 6) is 0.131. The summed E-state index contributed by atoms with van der Waals surface area (Å²) < 4.78 is 0. The zero-order chi connectivity index (χ0) is 14.0. The molecule has 0 saturated carbocycles. The molecule has 104 valence electrons. The van der Waals surface area contributed by atoms with Crippen molar-refractivity contribution in [2.24, 2.45) is 5.41 Å². The van der Waals surface area contributed by atoms with Gasteiger partial charge in [0.1, 0.15) is 0 Å². The summed E-state index contributed by atoms with van der Waals surface area (Å²) in [5, 5.41) is 0. The topological polar surface area (TPSA) is 72.1 Å². The minimum atomic E-state index is -0.0858. The maximum absolute atomic E-state index is 12.5. The van der Waals surface area contributed by atoms with E-state index in [1.54, 1.807) is 0 Å². The molecule has 1 amide bonds. The van der Waals surface area contributed by atoms with E-state index in [9.17, 15) is 4.79 Å². The van der Waals surface area contributed by atoms with E-state index in [0.717, 1.165) is 25.8 Å². The molecule has 1 aliphatic rings. The van der Waals surface area contributed by atoms with Gasteiger partial charge in [-0.05, 0) is 24.7 Å². The second kappa shape index (κ2) is 5.15. The maximum Gasteiger partial charge on any atom is 0.276 e. The first-order chi connectivity index (χ1) is 8.88. The Hall–Kier alpha value is -1.65. The van der Waals surface area contributed by atoms with E-state index in [4.69, 9.17) is 5.73 Å². The van der Waals surface area contributed by atoms with Gasteiger partial charge in [-0.1, -0.05) is 20.8 Å². The van der Waals surface area contributed by atoms with Gasteiger partial charge in [0.2, 0.25) is 0 Å². The Kier molecular flexibility index (Phi) is 3.73. The number of aromatic nitrogens is 2. The molecule has 1 saturated heterocycles. The van der Waals surface area contributed by atoms with Crippen LogP contribution < -0.4 is 5.73 Å². The van der Waals surface area contributed by atoms with E-state index in [1.807, 2.05) is 4.90 Å². The van der Waals surface area contributed by atoms with Crippen LogP contribution in [0.5, 0.6) is 0 Å². The molecule has 2 heterocycles. The maximum atomic E-state index is 12.5. The first kappa shape index (κ1) is 13.8. The normalized spacial score (nSPS) is 19.7. The van der Waals surface area contributed by atoms with Crippen molar-refractivity contribution in [3.8, 4) is 0 Å². The summed E-state index contributed by atoms with van der Waals surface area (Å²) in [6.07, 6.45) is 6.12. The lowest BCUT2D eigenvalue weighted by molar-refractivity contribution is 0.0699. The number of nitrogen functional groups attached to an aromatic ring is 1. The predicted molar refractivity (Wildman–Crippen MR) is 74.6 cm³/mol. The molecule has 0 aliphatic carbocycles. The molecule has 19 heavy (non-hydrogen) atoms. The van der Waals surface area contributed by atoms with E-state index in [1.165, 1.54) is 12.4 Å². The third-order valence-corrected chi connectivity index (χ3v) is 3.42. The molecule has 0 spiro atoms. The van der Waals surface area contributed by atoms with Crippen molar-refractivity contribution in [3.05, 3.63) is 18.1 Å². The summed E-state index contributed by atoms with van der Waals surface area (Å²) in [6.45, 7) is 7.38. The highest BCUT2D eigenvalue weighted by Gasteiger charge is 2.33. The Bertz CT molecular complexity index is 467. The van der Waals surface area contributed by atoms with Crippen LogP contribution in [0.3, 0.4) is 0 Å². The monoisotopic (exact) mass is 262 g/mol. The van der Waals surface area contributed by atoms with Crippen molar-refractivity contribution in [3.63, 3.8) is 0 Å². The number of likely N-dealkylation sites (tertiary alicyclic amines) is 1. The van der Waals surface area contributed by atoms with Crippen molar-refractivity contribution in [1.82, 2.24) is 14.9 Å².